The average Bonchev–Trinajstić information content (AvgIpc) is 2.99. The minimum atomic E-state index is -0.0186. The van der Waals surface area contributed by atoms with Crippen molar-refractivity contribution in [3.05, 3.63) is 29.8 Å². The third-order valence-electron chi connectivity index (χ3n) is 4.59. The van der Waals surface area contributed by atoms with Gasteiger partial charge in [-0.2, -0.15) is 0 Å². The van der Waals surface area contributed by atoms with Crippen LogP contribution in [0.4, 0.5) is 5.69 Å². The van der Waals surface area contributed by atoms with Crippen molar-refractivity contribution in [3.8, 4) is 0 Å². The van der Waals surface area contributed by atoms with Gasteiger partial charge >= 0.3 is 0 Å². The molecule has 0 spiro atoms. The minimum absolute atomic E-state index is 0.0186. The second kappa shape index (κ2) is 7.60. The van der Waals surface area contributed by atoms with Crippen LogP contribution in [0.15, 0.2) is 24.3 Å². The summed E-state index contributed by atoms with van der Waals surface area (Å²) in [6.07, 6.45) is 6.63. The number of carbonyl (C=O) groups is 1. The molecule has 1 saturated carbocycles. The predicted octanol–water partition coefficient (Wildman–Crippen LogP) is 4.19. The van der Waals surface area contributed by atoms with Gasteiger partial charge in [-0.1, -0.05) is 31.9 Å². The predicted molar refractivity (Wildman–Crippen MR) is 88.3 cm³/mol. The van der Waals surface area contributed by atoms with Crippen molar-refractivity contribution < 1.29 is 4.79 Å². The van der Waals surface area contributed by atoms with Crippen LogP contribution < -0.4 is 5.32 Å². The molecule has 0 heterocycles. The molecule has 2 rings (SSSR count). The van der Waals surface area contributed by atoms with Crippen LogP contribution in [0, 0.1) is 0 Å². The first-order valence-electron chi connectivity index (χ1n) is 8.22. The molecule has 1 aromatic carbocycles. The zero-order valence-corrected chi connectivity index (χ0v) is 13.6. The van der Waals surface area contributed by atoms with Gasteiger partial charge in [0.25, 0.3) is 0 Å². The van der Waals surface area contributed by atoms with Gasteiger partial charge < -0.3 is 5.32 Å². The number of amides is 1. The van der Waals surface area contributed by atoms with Crippen LogP contribution in [0.2, 0.25) is 0 Å². The molecular weight excluding hydrogens is 260 g/mol. The molecule has 0 aromatic heterocycles. The zero-order valence-electron chi connectivity index (χ0n) is 13.6. The van der Waals surface area contributed by atoms with Gasteiger partial charge in [0.15, 0.2) is 0 Å². The maximum absolute atomic E-state index is 11.1. The standard InChI is InChI=1S/C18H28N2O/c1-4-14(2)20(18-7-5-6-8-18)13-16-9-11-17(12-10-16)19-15(3)21/h9-12,14,18H,4-8,13H2,1-3H3,(H,19,21)/t14-/m1/s1. The minimum Gasteiger partial charge on any atom is -0.326 e. The highest BCUT2D eigenvalue weighted by Crippen LogP contribution is 2.27. The summed E-state index contributed by atoms with van der Waals surface area (Å²) in [7, 11) is 0. The van der Waals surface area contributed by atoms with E-state index < -0.39 is 0 Å². The molecule has 116 valence electrons. The van der Waals surface area contributed by atoms with Crippen molar-refractivity contribution in [1.29, 1.82) is 0 Å². The fourth-order valence-electron chi connectivity index (χ4n) is 3.22. The van der Waals surface area contributed by atoms with E-state index in [9.17, 15) is 4.79 Å². The number of carbonyl (C=O) groups excluding carboxylic acids is 1. The smallest absolute Gasteiger partial charge is 0.221 e. The molecule has 0 saturated heterocycles. The van der Waals surface area contributed by atoms with Crippen LogP contribution in [0.5, 0.6) is 0 Å². The van der Waals surface area contributed by atoms with E-state index in [1.165, 1.54) is 37.7 Å². The summed E-state index contributed by atoms with van der Waals surface area (Å²) in [5.74, 6) is -0.0186. The Hall–Kier alpha value is -1.35. The quantitative estimate of drug-likeness (QED) is 0.851. The number of anilines is 1. The fraction of sp³-hybridized carbons (Fsp3) is 0.611. The number of hydrogen-bond acceptors (Lipinski definition) is 2. The highest BCUT2D eigenvalue weighted by atomic mass is 16.1. The SMILES string of the molecule is CC[C@@H](C)N(Cc1ccc(NC(C)=O)cc1)C1CCCC1. The lowest BCUT2D eigenvalue weighted by atomic mass is 10.1. The van der Waals surface area contributed by atoms with E-state index in [2.05, 4.69) is 36.2 Å². The first-order chi connectivity index (χ1) is 10.1. The Morgan fingerprint density at radius 1 is 1.29 bits per heavy atom. The summed E-state index contributed by atoms with van der Waals surface area (Å²) < 4.78 is 0. The normalized spacial score (nSPS) is 17.1. The Kier molecular flexibility index (Phi) is 5.80. The van der Waals surface area contributed by atoms with E-state index in [1.807, 2.05) is 12.1 Å². The first kappa shape index (κ1) is 16.0. The summed E-state index contributed by atoms with van der Waals surface area (Å²) in [5, 5.41) is 2.82. The van der Waals surface area contributed by atoms with Gasteiger partial charge in [-0.15, -0.1) is 0 Å². The molecule has 0 radical (unpaired) electrons. The summed E-state index contributed by atoms with van der Waals surface area (Å²) >= 11 is 0. The largest absolute Gasteiger partial charge is 0.326 e. The van der Waals surface area contributed by atoms with E-state index in [0.29, 0.717) is 6.04 Å². The molecule has 3 nitrogen and oxygen atoms in total. The average molecular weight is 288 g/mol. The van der Waals surface area contributed by atoms with E-state index in [4.69, 9.17) is 0 Å². The molecule has 1 aliphatic rings. The third kappa shape index (κ3) is 4.57. The highest BCUT2D eigenvalue weighted by molar-refractivity contribution is 5.88. The van der Waals surface area contributed by atoms with Crippen LogP contribution in [0.1, 0.15) is 58.4 Å². The monoisotopic (exact) mass is 288 g/mol. The van der Waals surface area contributed by atoms with Crippen molar-refractivity contribution in [2.75, 3.05) is 5.32 Å². The van der Waals surface area contributed by atoms with Crippen molar-refractivity contribution >= 4 is 11.6 Å². The van der Waals surface area contributed by atoms with Crippen molar-refractivity contribution in [2.24, 2.45) is 0 Å². The molecule has 0 unspecified atom stereocenters. The highest BCUT2D eigenvalue weighted by Gasteiger charge is 2.25. The second-order valence-electron chi connectivity index (χ2n) is 6.25. The second-order valence-corrected chi connectivity index (χ2v) is 6.25. The maximum Gasteiger partial charge on any atom is 0.221 e. The lowest BCUT2D eigenvalue weighted by Crippen LogP contribution is -2.39. The van der Waals surface area contributed by atoms with Gasteiger partial charge in [0.05, 0.1) is 0 Å². The molecule has 21 heavy (non-hydrogen) atoms. The molecule has 1 amide bonds. The van der Waals surface area contributed by atoms with Crippen LogP contribution in [-0.2, 0) is 11.3 Å². The number of hydrogen-bond donors (Lipinski definition) is 1. The van der Waals surface area contributed by atoms with Crippen LogP contribution in [0.3, 0.4) is 0 Å². The van der Waals surface area contributed by atoms with Gasteiger partial charge in [0, 0.05) is 31.2 Å². The summed E-state index contributed by atoms with van der Waals surface area (Å²) in [6.45, 7) is 7.16. The van der Waals surface area contributed by atoms with Crippen LogP contribution in [0.25, 0.3) is 0 Å². The molecule has 0 aliphatic heterocycles. The first-order valence-corrected chi connectivity index (χ1v) is 8.22. The number of nitrogens with zero attached hydrogens (tertiary/aromatic N) is 1. The van der Waals surface area contributed by atoms with Crippen molar-refractivity contribution in [3.63, 3.8) is 0 Å². The molecule has 1 N–H and O–H groups in total. The van der Waals surface area contributed by atoms with Gasteiger partial charge in [-0.05, 0) is 43.9 Å². The molecule has 1 fully saturated rings. The number of benzene rings is 1. The van der Waals surface area contributed by atoms with Crippen molar-refractivity contribution in [1.82, 2.24) is 4.90 Å². The zero-order chi connectivity index (χ0) is 15.2. The lowest BCUT2D eigenvalue weighted by molar-refractivity contribution is -0.114. The van der Waals surface area contributed by atoms with Gasteiger partial charge in [-0.25, -0.2) is 0 Å². The lowest BCUT2D eigenvalue weighted by Gasteiger charge is -2.34. The van der Waals surface area contributed by atoms with E-state index in [1.54, 1.807) is 6.92 Å². The van der Waals surface area contributed by atoms with Crippen LogP contribution in [-0.4, -0.2) is 22.9 Å². The summed E-state index contributed by atoms with van der Waals surface area (Å²) in [4.78, 5) is 13.7. The Bertz CT molecular complexity index is 449. The fourth-order valence-corrected chi connectivity index (χ4v) is 3.22. The molecule has 1 atom stereocenters. The molecule has 3 heteroatoms. The Balaban J connectivity index is 2.03. The molecule has 1 aromatic rings. The Morgan fingerprint density at radius 2 is 1.90 bits per heavy atom. The third-order valence-corrected chi connectivity index (χ3v) is 4.59. The van der Waals surface area contributed by atoms with Gasteiger partial charge in [-0.3, -0.25) is 9.69 Å². The number of nitrogens with one attached hydrogen (secondary N) is 1. The summed E-state index contributed by atoms with van der Waals surface area (Å²) in [6, 6.07) is 9.64. The van der Waals surface area contributed by atoms with Crippen LogP contribution >= 0.6 is 0 Å². The van der Waals surface area contributed by atoms with E-state index in [-0.39, 0.29) is 5.91 Å². The Morgan fingerprint density at radius 3 is 2.43 bits per heavy atom. The Labute approximate surface area is 128 Å². The van der Waals surface area contributed by atoms with E-state index >= 15 is 0 Å². The molecule has 0 bridgehead atoms. The maximum atomic E-state index is 11.1. The molecule has 1 aliphatic carbocycles. The van der Waals surface area contributed by atoms with E-state index in [0.717, 1.165) is 18.3 Å². The van der Waals surface area contributed by atoms with Gasteiger partial charge in [0.2, 0.25) is 5.91 Å². The van der Waals surface area contributed by atoms with Gasteiger partial charge in [0.1, 0.15) is 0 Å². The molecular formula is C18H28N2O. The topological polar surface area (TPSA) is 32.3 Å². The summed E-state index contributed by atoms with van der Waals surface area (Å²) in [5.41, 5.74) is 2.21. The van der Waals surface area contributed by atoms with Crippen molar-refractivity contribution in [2.45, 2.75) is 71.5 Å². The number of rotatable bonds is 6.